The number of benzene rings is 2. The molecule has 1 aliphatic heterocycles. The number of thiazole rings is 1. The van der Waals surface area contributed by atoms with Crippen molar-refractivity contribution in [3.8, 4) is 10.6 Å². The Balaban J connectivity index is 1.40. The fraction of sp³-hybridized carbons (Fsp3) is 0.269. The number of aromatic nitrogens is 2. The summed E-state index contributed by atoms with van der Waals surface area (Å²) in [5.41, 5.74) is 6.66. The number of hydrogen-bond acceptors (Lipinski definition) is 6. The highest BCUT2D eigenvalue weighted by atomic mass is 32.1. The molecule has 2 aromatic carbocycles. The molecule has 168 valence electrons. The van der Waals surface area contributed by atoms with Crippen LogP contribution in [-0.2, 0) is 6.54 Å². The molecule has 0 atom stereocenters. The van der Waals surface area contributed by atoms with Gasteiger partial charge in [-0.2, -0.15) is 0 Å². The molecule has 5 rings (SSSR count). The van der Waals surface area contributed by atoms with Crippen LogP contribution in [0.5, 0.6) is 0 Å². The van der Waals surface area contributed by atoms with E-state index in [-0.39, 0.29) is 5.91 Å². The highest BCUT2D eigenvalue weighted by Crippen LogP contribution is 2.34. The van der Waals surface area contributed by atoms with Crippen LogP contribution in [0.3, 0.4) is 0 Å². The van der Waals surface area contributed by atoms with E-state index in [2.05, 4.69) is 26.6 Å². The number of carbonyl (C=O) groups excluding carboxylic acids is 1. The van der Waals surface area contributed by atoms with Gasteiger partial charge in [0.05, 0.1) is 5.69 Å². The number of nitrogens with zero attached hydrogens (tertiary/aromatic N) is 3. The fourth-order valence-electron chi connectivity index (χ4n) is 4.05. The molecule has 0 unspecified atom stereocenters. The number of aryl methyl sites for hydroxylation is 2. The lowest BCUT2D eigenvalue weighted by Gasteiger charge is -2.26. The first-order valence-corrected chi connectivity index (χ1v) is 12.0. The predicted octanol–water partition coefficient (Wildman–Crippen LogP) is 4.63. The number of rotatable bonds is 5. The summed E-state index contributed by atoms with van der Waals surface area (Å²) in [7, 11) is 0. The van der Waals surface area contributed by atoms with Crippen molar-refractivity contribution in [3.05, 3.63) is 77.0 Å². The molecule has 7 heteroatoms. The van der Waals surface area contributed by atoms with E-state index in [4.69, 9.17) is 4.98 Å². The lowest BCUT2D eigenvalue weighted by atomic mass is 10.1. The van der Waals surface area contributed by atoms with Gasteiger partial charge in [-0.05, 0) is 60.9 Å². The average molecular weight is 458 g/mol. The van der Waals surface area contributed by atoms with Crippen LogP contribution < -0.4 is 10.6 Å². The Morgan fingerprint density at radius 1 is 1.09 bits per heavy atom. The van der Waals surface area contributed by atoms with Crippen molar-refractivity contribution in [2.24, 2.45) is 0 Å². The zero-order valence-electron chi connectivity index (χ0n) is 18.9. The molecule has 0 spiro atoms. The number of anilines is 1. The number of fused-ring (bicyclic) bond motifs is 1. The first-order chi connectivity index (χ1) is 16.1. The van der Waals surface area contributed by atoms with Crippen molar-refractivity contribution in [2.75, 3.05) is 31.5 Å². The number of piperazine rings is 1. The number of para-hydroxylation sites is 1. The lowest BCUT2D eigenvalue weighted by molar-refractivity contribution is 0.102. The van der Waals surface area contributed by atoms with Gasteiger partial charge in [-0.1, -0.05) is 29.5 Å². The van der Waals surface area contributed by atoms with Gasteiger partial charge in [0.15, 0.2) is 0 Å². The number of carbonyl (C=O) groups is 1. The molecule has 2 aromatic heterocycles. The summed E-state index contributed by atoms with van der Waals surface area (Å²) in [6.07, 6.45) is 1.96. The molecule has 1 fully saturated rings. The average Bonchev–Trinajstić information content (AvgIpc) is 3.25. The van der Waals surface area contributed by atoms with Crippen molar-refractivity contribution in [1.29, 1.82) is 0 Å². The maximum absolute atomic E-state index is 12.9. The summed E-state index contributed by atoms with van der Waals surface area (Å²) >= 11 is 1.55. The first kappa shape index (κ1) is 21.7. The van der Waals surface area contributed by atoms with E-state index in [1.165, 1.54) is 11.1 Å². The SMILES string of the molecule is Cc1ccc(C(=O)Nc2ccccc2-c2nc3cc(CN4CCNCC4)cnc3s2)cc1C. The molecule has 0 bridgehead atoms. The Kier molecular flexibility index (Phi) is 6.17. The normalized spacial score (nSPS) is 14.5. The van der Waals surface area contributed by atoms with Gasteiger partial charge in [0.25, 0.3) is 5.91 Å². The Hall–Kier alpha value is -3.13. The van der Waals surface area contributed by atoms with E-state index >= 15 is 0 Å². The molecule has 1 saturated heterocycles. The van der Waals surface area contributed by atoms with Crippen LogP contribution in [0.4, 0.5) is 5.69 Å². The standard InChI is InChI=1S/C26H27N5OS/c1-17-7-8-20(13-18(17)2)24(32)29-22-6-4-3-5-21(22)25-30-23-14-19(15-28-26(23)33-25)16-31-11-9-27-10-12-31/h3-8,13-15,27H,9-12,16H2,1-2H3,(H,29,32). The van der Waals surface area contributed by atoms with Gasteiger partial charge in [0.1, 0.15) is 15.4 Å². The minimum Gasteiger partial charge on any atom is -0.321 e. The van der Waals surface area contributed by atoms with Crippen LogP contribution in [-0.4, -0.2) is 47.0 Å². The Morgan fingerprint density at radius 2 is 1.91 bits per heavy atom. The largest absolute Gasteiger partial charge is 0.321 e. The third-order valence-electron chi connectivity index (χ3n) is 6.09. The molecule has 0 radical (unpaired) electrons. The topological polar surface area (TPSA) is 70.2 Å². The van der Waals surface area contributed by atoms with Gasteiger partial charge >= 0.3 is 0 Å². The minimum atomic E-state index is -0.122. The molecular weight excluding hydrogens is 430 g/mol. The fourth-order valence-corrected chi connectivity index (χ4v) is 4.98. The van der Waals surface area contributed by atoms with E-state index in [1.54, 1.807) is 11.3 Å². The smallest absolute Gasteiger partial charge is 0.255 e. The summed E-state index contributed by atoms with van der Waals surface area (Å²) in [6.45, 7) is 9.11. The maximum Gasteiger partial charge on any atom is 0.255 e. The number of nitrogens with one attached hydrogen (secondary N) is 2. The molecule has 0 aliphatic carbocycles. The van der Waals surface area contributed by atoms with Crippen molar-refractivity contribution in [2.45, 2.75) is 20.4 Å². The van der Waals surface area contributed by atoms with E-state index in [0.717, 1.165) is 64.9 Å². The minimum absolute atomic E-state index is 0.122. The van der Waals surface area contributed by atoms with Gasteiger partial charge in [0.2, 0.25) is 0 Å². The third-order valence-corrected chi connectivity index (χ3v) is 7.11. The van der Waals surface area contributed by atoms with Crippen LogP contribution in [0, 0.1) is 13.8 Å². The number of hydrogen-bond donors (Lipinski definition) is 2. The highest BCUT2D eigenvalue weighted by molar-refractivity contribution is 7.21. The second-order valence-electron chi connectivity index (χ2n) is 8.51. The molecule has 1 aliphatic rings. The van der Waals surface area contributed by atoms with Gasteiger partial charge < -0.3 is 10.6 Å². The van der Waals surface area contributed by atoms with Crippen LogP contribution in [0.1, 0.15) is 27.0 Å². The summed E-state index contributed by atoms with van der Waals surface area (Å²) in [5.74, 6) is -0.122. The van der Waals surface area contributed by atoms with Crippen LogP contribution in [0.15, 0.2) is 54.7 Å². The van der Waals surface area contributed by atoms with Gasteiger partial charge in [-0.15, -0.1) is 0 Å². The van der Waals surface area contributed by atoms with E-state index in [1.807, 2.05) is 62.5 Å². The quantitative estimate of drug-likeness (QED) is 0.457. The zero-order valence-corrected chi connectivity index (χ0v) is 19.7. The highest BCUT2D eigenvalue weighted by Gasteiger charge is 2.16. The molecule has 1 amide bonds. The molecular formula is C26H27N5OS. The number of pyridine rings is 1. The second-order valence-corrected chi connectivity index (χ2v) is 9.49. The molecule has 3 heterocycles. The maximum atomic E-state index is 12.9. The predicted molar refractivity (Wildman–Crippen MR) is 135 cm³/mol. The molecule has 4 aromatic rings. The Labute approximate surface area is 197 Å². The summed E-state index contributed by atoms with van der Waals surface area (Å²) in [4.78, 5) is 25.8. The molecule has 0 saturated carbocycles. The van der Waals surface area contributed by atoms with Gasteiger partial charge in [-0.3, -0.25) is 9.69 Å². The Bertz CT molecular complexity index is 1310. The van der Waals surface area contributed by atoms with Crippen LogP contribution in [0.2, 0.25) is 0 Å². The van der Waals surface area contributed by atoms with E-state index < -0.39 is 0 Å². The van der Waals surface area contributed by atoms with Crippen molar-refractivity contribution in [1.82, 2.24) is 20.2 Å². The molecule has 6 nitrogen and oxygen atoms in total. The Morgan fingerprint density at radius 3 is 2.73 bits per heavy atom. The van der Waals surface area contributed by atoms with Crippen LogP contribution in [0.25, 0.3) is 20.9 Å². The van der Waals surface area contributed by atoms with Gasteiger partial charge in [0, 0.05) is 50.0 Å². The zero-order chi connectivity index (χ0) is 22.8. The second kappa shape index (κ2) is 9.39. The monoisotopic (exact) mass is 457 g/mol. The first-order valence-electron chi connectivity index (χ1n) is 11.2. The summed E-state index contributed by atoms with van der Waals surface area (Å²) in [6, 6.07) is 15.7. The van der Waals surface area contributed by atoms with Crippen molar-refractivity contribution in [3.63, 3.8) is 0 Å². The van der Waals surface area contributed by atoms with Gasteiger partial charge in [-0.25, -0.2) is 9.97 Å². The van der Waals surface area contributed by atoms with Crippen LogP contribution >= 0.6 is 11.3 Å². The number of amides is 1. The molecule has 2 N–H and O–H groups in total. The van der Waals surface area contributed by atoms with E-state index in [9.17, 15) is 4.79 Å². The van der Waals surface area contributed by atoms with Crippen molar-refractivity contribution >= 4 is 33.3 Å². The lowest BCUT2D eigenvalue weighted by Crippen LogP contribution is -2.42. The van der Waals surface area contributed by atoms with Crippen molar-refractivity contribution < 1.29 is 4.79 Å². The molecule has 33 heavy (non-hydrogen) atoms. The third kappa shape index (κ3) is 4.80. The van der Waals surface area contributed by atoms with E-state index in [0.29, 0.717) is 5.56 Å². The summed E-state index contributed by atoms with van der Waals surface area (Å²) < 4.78 is 0. The summed E-state index contributed by atoms with van der Waals surface area (Å²) in [5, 5.41) is 7.32.